The summed E-state index contributed by atoms with van der Waals surface area (Å²) in [6, 6.07) is 14.6. The molecule has 0 radical (unpaired) electrons. The molecule has 0 heterocycles. The summed E-state index contributed by atoms with van der Waals surface area (Å²) in [6.07, 6.45) is 2.42. The highest BCUT2D eigenvalue weighted by molar-refractivity contribution is 5.88. The molecule has 0 saturated heterocycles. The van der Waals surface area contributed by atoms with Gasteiger partial charge in [0.15, 0.2) is 18.1 Å². The van der Waals surface area contributed by atoms with Crippen molar-refractivity contribution in [3.05, 3.63) is 59.7 Å². The van der Waals surface area contributed by atoms with E-state index in [1.807, 2.05) is 50.2 Å². The van der Waals surface area contributed by atoms with Gasteiger partial charge in [-0.1, -0.05) is 62.2 Å². The average molecular weight is 427 g/mol. The molecule has 6 nitrogen and oxygen atoms in total. The minimum absolute atomic E-state index is 0.131. The molecule has 0 aliphatic heterocycles. The number of rotatable bonds is 12. The van der Waals surface area contributed by atoms with Gasteiger partial charge in [-0.25, -0.2) is 0 Å². The lowest BCUT2D eigenvalue weighted by Crippen LogP contribution is -2.50. The molecule has 0 saturated carbocycles. The Hall–Kier alpha value is -3.02. The highest BCUT2D eigenvalue weighted by atomic mass is 16.5. The van der Waals surface area contributed by atoms with E-state index in [4.69, 9.17) is 9.47 Å². The van der Waals surface area contributed by atoms with E-state index in [1.165, 1.54) is 0 Å². The van der Waals surface area contributed by atoms with Crippen molar-refractivity contribution in [2.45, 2.75) is 52.6 Å². The maximum Gasteiger partial charge on any atom is 0.261 e. The first-order valence-corrected chi connectivity index (χ1v) is 10.9. The van der Waals surface area contributed by atoms with E-state index < -0.39 is 6.04 Å². The average Bonchev–Trinajstić information content (AvgIpc) is 2.79. The Labute approximate surface area is 185 Å². The van der Waals surface area contributed by atoms with Gasteiger partial charge in [-0.3, -0.25) is 9.59 Å². The van der Waals surface area contributed by atoms with Crippen LogP contribution in [0.25, 0.3) is 0 Å². The molecule has 168 valence electrons. The van der Waals surface area contributed by atoms with Crippen LogP contribution in [0, 0.1) is 6.92 Å². The van der Waals surface area contributed by atoms with E-state index in [2.05, 4.69) is 12.2 Å². The molecule has 0 aromatic heterocycles. The van der Waals surface area contributed by atoms with Gasteiger partial charge in [-0.2, -0.15) is 0 Å². The van der Waals surface area contributed by atoms with E-state index >= 15 is 0 Å². The number of benzene rings is 2. The molecular weight excluding hydrogens is 392 g/mol. The predicted octanol–water partition coefficient (Wildman–Crippen LogP) is 4.11. The van der Waals surface area contributed by atoms with Crippen molar-refractivity contribution in [3.8, 4) is 11.5 Å². The topological polar surface area (TPSA) is 67.9 Å². The molecule has 0 bridgehead atoms. The first-order valence-electron chi connectivity index (χ1n) is 10.9. The zero-order valence-corrected chi connectivity index (χ0v) is 19.0. The number of carbonyl (C=O) groups excluding carboxylic acids is 2. The SMILES string of the molecule is CCCCNC(=O)C(CC)N(Cc1ccc(C)cc1)C(=O)COc1ccccc1OC. The van der Waals surface area contributed by atoms with Crippen molar-refractivity contribution in [3.63, 3.8) is 0 Å². The first-order chi connectivity index (χ1) is 15.0. The van der Waals surface area contributed by atoms with Crippen LogP contribution in [-0.4, -0.2) is 43.0 Å². The molecule has 2 aromatic carbocycles. The minimum Gasteiger partial charge on any atom is -0.493 e. The van der Waals surface area contributed by atoms with Gasteiger partial charge >= 0.3 is 0 Å². The summed E-state index contributed by atoms with van der Waals surface area (Å²) >= 11 is 0. The molecule has 2 aromatic rings. The number of unbranched alkanes of at least 4 members (excludes halogenated alkanes) is 1. The van der Waals surface area contributed by atoms with Gasteiger partial charge in [0.25, 0.3) is 5.91 Å². The highest BCUT2D eigenvalue weighted by Crippen LogP contribution is 2.26. The number of amides is 2. The number of carbonyl (C=O) groups is 2. The Morgan fingerprint density at radius 2 is 1.71 bits per heavy atom. The molecule has 1 unspecified atom stereocenters. The third-order valence-corrected chi connectivity index (χ3v) is 5.11. The normalized spacial score (nSPS) is 11.5. The zero-order chi connectivity index (χ0) is 22.6. The van der Waals surface area contributed by atoms with Crippen LogP contribution >= 0.6 is 0 Å². The van der Waals surface area contributed by atoms with Crippen molar-refractivity contribution >= 4 is 11.8 Å². The fourth-order valence-corrected chi connectivity index (χ4v) is 3.28. The fraction of sp³-hybridized carbons (Fsp3) is 0.440. The number of methoxy groups -OCH3 is 1. The Bertz CT molecular complexity index is 836. The van der Waals surface area contributed by atoms with Crippen LogP contribution < -0.4 is 14.8 Å². The second-order valence-electron chi connectivity index (χ2n) is 7.52. The Morgan fingerprint density at radius 3 is 2.32 bits per heavy atom. The van der Waals surface area contributed by atoms with E-state index in [9.17, 15) is 9.59 Å². The van der Waals surface area contributed by atoms with Gasteiger partial charge in [0.1, 0.15) is 6.04 Å². The molecule has 0 aliphatic rings. The number of nitrogens with one attached hydrogen (secondary N) is 1. The summed E-state index contributed by atoms with van der Waals surface area (Å²) in [5.41, 5.74) is 2.11. The van der Waals surface area contributed by atoms with E-state index in [0.717, 1.165) is 24.0 Å². The highest BCUT2D eigenvalue weighted by Gasteiger charge is 2.29. The molecule has 2 rings (SSSR count). The summed E-state index contributed by atoms with van der Waals surface area (Å²) in [4.78, 5) is 27.7. The number of aryl methyl sites for hydroxylation is 1. The Morgan fingerprint density at radius 1 is 1.03 bits per heavy atom. The van der Waals surface area contributed by atoms with Crippen molar-refractivity contribution in [2.24, 2.45) is 0 Å². The van der Waals surface area contributed by atoms with Gasteiger partial charge in [-0.05, 0) is 37.5 Å². The molecule has 0 fully saturated rings. The monoisotopic (exact) mass is 426 g/mol. The largest absolute Gasteiger partial charge is 0.493 e. The van der Waals surface area contributed by atoms with Gasteiger partial charge in [0.2, 0.25) is 5.91 Å². The van der Waals surface area contributed by atoms with E-state index in [0.29, 0.717) is 31.0 Å². The maximum atomic E-state index is 13.2. The van der Waals surface area contributed by atoms with Crippen LogP contribution in [-0.2, 0) is 16.1 Å². The summed E-state index contributed by atoms with van der Waals surface area (Å²) in [6.45, 7) is 6.78. The molecular formula is C25H34N2O4. The van der Waals surface area contributed by atoms with Crippen LogP contribution in [0.15, 0.2) is 48.5 Å². The maximum absolute atomic E-state index is 13.2. The standard InChI is InChI=1S/C25H34N2O4/c1-5-7-16-26-25(29)21(6-2)27(17-20-14-12-19(3)13-15-20)24(28)18-31-23-11-9-8-10-22(23)30-4/h8-15,21H,5-7,16-18H2,1-4H3,(H,26,29). The molecule has 1 N–H and O–H groups in total. The molecule has 0 aliphatic carbocycles. The van der Waals surface area contributed by atoms with E-state index in [1.54, 1.807) is 24.1 Å². The number of nitrogens with zero attached hydrogens (tertiary/aromatic N) is 1. The number of hydrogen-bond donors (Lipinski definition) is 1. The lowest BCUT2D eigenvalue weighted by Gasteiger charge is -2.30. The summed E-state index contributed by atoms with van der Waals surface area (Å²) in [7, 11) is 1.56. The first kappa shape index (κ1) is 24.3. The summed E-state index contributed by atoms with van der Waals surface area (Å²) < 4.78 is 11.0. The van der Waals surface area contributed by atoms with Gasteiger partial charge in [-0.15, -0.1) is 0 Å². The minimum atomic E-state index is -0.563. The Kier molecular flexibility index (Phi) is 9.88. The number of ether oxygens (including phenoxy) is 2. The van der Waals surface area contributed by atoms with Gasteiger partial charge in [0.05, 0.1) is 7.11 Å². The van der Waals surface area contributed by atoms with E-state index in [-0.39, 0.29) is 18.4 Å². The third kappa shape index (κ3) is 7.31. The van der Waals surface area contributed by atoms with Crippen LogP contribution in [0.5, 0.6) is 11.5 Å². The number of para-hydroxylation sites is 2. The molecule has 1 atom stereocenters. The van der Waals surface area contributed by atoms with Crippen LogP contribution in [0.1, 0.15) is 44.2 Å². The predicted molar refractivity (Wildman–Crippen MR) is 122 cm³/mol. The second kappa shape index (κ2) is 12.6. The van der Waals surface area contributed by atoms with Crippen molar-refractivity contribution in [1.29, 1.82) is 0 Å². The Balaban J connectivity index is 2.19. The molecule has 2 amide bonds. The summed E-state index contributed by atoms with van der Waals surface area (Å²) in [5, 5.41) is 2.96. The van der Waals surface area contributed by atoms with Crippen LogP contribution in [0.3, 0.4) is 0 Å². The second-order valence-corrected chi connectivity index (χ2v) is 7.52. The third-order valence-electron chi connectivity index (χ3n) is 5.11. The van der Waals surface area contributed by atoms with Crippen LogP contribution in [0.4, 0.5) is 0 Å². The lowest BCUT2D eigenvalue weighted by molar-refractivity contribution is -0.143. The molecule has 0 spiro atoms. The van der Waals surface area contributed by atoms with Crippen molar-refractivity contribution in [1.82, 2.24) is 10.2 Å². The smallest absolute Gasteiger partial charge is 0.261 e. The molecule has 31 heavy (non-hydrogen) atoms. The zero-order valence-electron chi connectivity index (χ0n) is 19.0. The van der Waals surface area contributed by atoms with Crippen molar-refractivity contribution in [2.75, 3.05) is 20.3 Å². The van der Waals surface area contributed by atoms with Crippen molar-refractivity contribution < 1.29 is 19.1 Å². The molecule has 6 heteroatoms. The van der Waals surface area contributed by atoms with Gasteiger partial charge < -0.3 is 19.7 Å². The number of hydrogen-bond acceptors (Lipinski definition) is 4. The van der Waals surface area contributed by atoms with Crippen LogP contribution in [0.2, 0.25) is 0 Å². The summed E-state index contributed by atoms with van der Waals surface area (Å²) in [5.74, 6) is 0.677. The lowest BCUT2D eigenvalue weighted by atomic mass is 10.1. The fourth-order valence-electron chi connectivity index (χ4n) is 3.28. The quantitative estimate of drug-likeness (QED) is 0.519. The van der Waals surface area contributed by atoms with Gasteiger partial charge in [0, 0.05) is 13.1 Å².